The summed E-state index contributed by atoms with van der Waals surface area (Å²) < 4.78 is 0. The van der Waals surface area contributed by atoms with Gasteiger partial charge in [0.25, 0.3) is 0 Å². The Morgan fingerprint density at radius 1 is 0.769 bits per heavy atom. The molecular formula is C24H18N2. The first-order valence-electron chi connectivity index (χ1n) is 8.76. The standard InChI is InChI=1S/C24H18N2/c1-2-18-21(25-17-9-4-3-5-10-17)15-13-20-23-19-11-7-6-8-16(19)12-14-22(23)26-24(18)20/h2-15,25-26H,1H2. The smallest absolute Gasteiger partial charge is 0.0559 e. The Labute approximate surface area is 151 Å². The van der Waals surface area contributed by atoms with Gasteiger partial charge in [0.05, 0.1) is 5.52 Å². The average Bonchev–Trinajstić information content (AvgIpc) is 3.08. The van der Waals surface area contributed by atoms with Crippen LogP contribution >= 0.6 is 0 Å². The number of fused-ring (bicyclic) bond motifs is 5. The summed E-state index contributed by atoms with van der Waals surface area (Å²) in [5, 5.41) is 8.53. The highest BCUT2D eigenvalue weighted by atomic mass is 14.9. The van der Waals surface area contributed by atoms with Gasteiger partial charge in [0.15, 0.2) is 0 Å². The number of anilines is 2. The minimum atomic E-state index is 1.05. The van der Waals surface area contributed by atoms with Crippen molar-refractivity contribution in [2.24, 2.45) is 0 Å². The lowest BCUT2D eigenvalue weighted by atomic mass is 10.0. The van der Waals surface area contributed by atoms with Crippen LogP contribution in [0.1, 0.15) is 5.56 Å². The van der Waals surface area contributed by atoms with Crippen molar-refractivity contribution in [2.75, 3.05) is 5.32 Å². The van der Waals surface area contributed by atoms with Gasteiger partial charge in [0, 0.05) is 33.2 Å². The van der Waals surface area contributed by atoms with Crippen molar-refractivity contribution in [3.05, 3.63) is 91.0 Å². The molecule has 0 aliphatic rings. The molecule has 26 heavy (non-hydrogen) atoms. The van der Waals surface area contributed by atoms with Crippen molar-refractivity contribution in [3.63, 3.8) is 0 Å². The van der Waals surface area contributed by atoms with Gasteiger partial charge in [-0.3, -0.25) is 0 Å². The van der Waals surface area contributed by atoms with E-state index in [9.17, 15) is 0 Å². The molecule has 2 heteroatoms. The first-order valence-corrected chi connectivity index (χ1v) is 8.76. The molecule has 0 saturated heterocycles. The Morgan fingerprint density at radius 2 is 1.58 bits per heavy atom. The molecular weight excluding hydrogens is 316 g/mol. The highest BCUT2D eigenvalue weighted by molar-refractivity contribution is 6.21. The van der Waals surface area contributed by atoms with Crippen LogP contribution in [-0.4, -0.2) is 4.98 Å². The minimum absolute atomic E-state index is 1.05. The Kier molecular flexibility index (Phi) is 3.29. The zero-order valence-electron chi connectivity index (χ0n) is 14.3. The van der Waals surface area contributed by atoms with Crippen molar-refractivity contribution in [2.45, 2.75) is 0 Å². The van der Waals surface area contributed by atoms with Crippen LogP contribution in [-0.2, 0) is 0 Å². The van der Waals surface area contributed by atoms with Gasteiger partial charge < -0.3 is 10.3 Å². The summed E-state index contributed by atoms with van der Waals surface area (Å²) >= 11 is 0. The maximum Gasteiger partial charge on any atom is 0.0559 e. The first-order chi connectivity index (χ1) is 12.8. The van der Waals surface area contributed by atoms with E-state index in [1.807, 2.05) is 24.3 Å². The van der Waals surface area contributed by atoms with Crippen molar-refractivity contribution in [3.8, 4) is 0 Å². The summed E-state index contributed by atoms with van der Waals surface area (Å²) in [5.41, 5.74) is 5.48. The fourth-order valence-corrected chi connectivity index (χ4v) is 3.76. The Balaban J connectivity index is 1.79. The summed E-state index contributed by atoms with van der Waals surface area (Å²) in [6, 6.07) is 27.4. The highest BCUT2D eigenvalue weighted by Crippen LogP contribution is 2.37. The number of hydrogen-bond acceptors (Lipinski definition) is 1. The topological polar surface area (TPSA) is 27.8 Å². The molecule has 5 aromatic rings. The number of hydrogen-bond donors (Lipinski definition) is 2. The minimum Gasteiger partial charge on any atom is -0.355 e. The van der Waals surface area contributed by atoms with Crippen LogP contribution in [0.2, 0.25) is 0 Å². The van der Waals surface area contributed by atoms with Gasteiger partial charge in [-0.05, 0) is 35.0 Å². The molecule has 0 saturated carbocycles. The number of rotatable bonds is 3. The van der Waals surface area contributed by atoms with Gasteiger partial charge in [-0.25, -0.2) is 0 Å². The second-order valence-electron chi connectivity index (χ2n) is 6.48. The number of para-hydroxylation sites is 1. The molecule has 0 fully saturated rings. The molecule has 0 aliphatic carbocycles. The molecule has 2 nitrogen and oxygen atoms in total. The lowest BCUT2D eigenvalue weighted by molar-refractivity contribution is 1.51. The van der Waals surface area contributed by atoms with Crippen LogP contribution in [0.25, 0.3) is 38.7 Å². The number of aromatic nitrogens is 1. The number of nitrogens with one attached hydrogen (secondary N) is 2. The summed E-state index contributed by atoms with van der Waals surface area (Å²) in [4.78, 5) is 3.60. The van der Waals surface area contributed by atoms with Crippen LogP contribution in [0.4, 0.5) is 11.4 Å². The van der Waals surface area contributed by atoms with Gasteiger partial charge in [-0.1, -0.05) is 67.3 Å². The zero-order chi connectivity index (χ0) is 17.5. The molecule has 4 aromatic carbocycles. The quantitative estimate of drug-likeness (QED) is 0.370. The van der Waals surface area contributed by atoms with E-state index in [1.54, 1.807) is 0 Å². The van der Waals surface area contributed by atoms with E-state index in [-0.39, 0.29) is 0 Å². The lowest BCUT2D eigenvalue weighted by Gasteiger charge is -2.11. The van der Waals surface area contributed by atoms with E-state index >= 15 is 0 Å². The van der Waals surface area contributed by atoms with Crippen LogP contribution in [0.5, 0.6) is 0 Å². The molecule has 0 aliphatic heterocycles. The second-order valence-corrected chi connectivity index (χ2v) is 6.48. The second kappa shape index (κ2) is 5.78. The van der Waals surface area contributed by atoms with E-state index in [2.05, 4.69) is 77.5 Å². The first kappa shape index (κ1) is 14.8. The van der Waals surface area contributed by atoms with E-state index in [1.165, 1.54) is 21.5 Å². The SMILES string of the molecule is C=Cc1c(Nc2ccccc2)ccc2c1[nH]c1ccc3ccccc3c12. The van der Waals surface area contributed by atoms with Gasteiger partial charge in [0.2, 0.25) is 0 Å². The Morgan fingerprint density at radius 3 is 2.42 bits per heavy atom. The molecule has 0 atom stereocenters. The normalized spacial score (nSPS) is 11.2. The molecule has 0 unspecified atom stereocenters. The average molecular weight is 334 g/mol. The maximum atomic E-state index is 4.06. The molecule has 124 valence electrons. The lowest BCUT2D eigenvalue weighted by Crippen LogP contribution is -1.93. The molecule has 5 rings (SSSR count). The van der Waals surface area contributed by atoms with Crippen molar-refractivity contribution in [1.29, 1.82) is 0 Å². The Hall–Kier alpha value is -3.52. The molecule has 0 spiro atoms. The third-order valence-corrected chi connectivity index (χ3v) is 4.96. The van der Waals surface area contributed by atoms with E-state index < -0.39 is 0 Å². The number of aromatic amines is 1. The molecule has 1 heterocycles. The van der Waals surface area contributed by atoms with Crippen molar-refractivity contribution < 1.29 is 0 Å². The molecule has 0 radical (unpaired) electrons. The number of benzene rings is 4. The van der Waals surface area contributed by atoms with Crippen LogP contribution in [0.3, 0.4) is 0 Å². The summed E-state index contributed by atoms with van der Waals surface area (Å²) in [6.07, 6.45) is 1.92. The van der Waals surface area contributed by atoms with Crippen LogP contribution in [0, 0.1) is 0 Å². The zero-order valence-corrected chi connectivity index (χ0v) is 14.3. The third kappa shape index (κ3) is 2.20. The van der Waals surface area contributed by atoms with Gasteiger partial charge in [-0.2, -0.15) is 0 Å². The van der Waals surface area contributed by atoms with Gasteiger partial charge in [-0.15, -0.1) is 0 Å². The van der Waals surface area contributed by atoms with Crippen molar-refractivity contribution in [1.82, 2.24) is 4.98 Å². The fourth-order valence-electron chi connectivity index (χ4n) is 3.76. The van der Waals surface area contributed by atoms with Gasteiger partial charge >= 0.3 is 0 Å². The maximum absolute atomic E-state index is 4.06. The van der Waals surface area contributed by atoms with E-state index in [0.29, 0.717) is 0 Å². The fraction of sp³-hybridized carbons (Fsp3) is 0. The largest absolute Gasteiger partial charge is 0.355 e. The Bertz CT molecular complexity index is 1260. The number of H-pyrrole nitrogens is 1. The molecule has 2 N–H and O–H groups in total. The van der Waals surface area contributed by atoms with Crippen LogP contribution < -0.4 is 5.32 Å². The summed E-state index contributed by atoms with van der Waals surface area (Å²) in [5.74, 6) is 0. The highest BCUT2D eigenvalue weighted by Gasteiger charge is 2.12. The molecule has 1 aromatic heterocycles. The monoisotopic (exact) mass is 334 g/mol. The predicted molar refractivity (Wildman–Crippen MR) is 113 cm³/mol. The predicted octanol–water partition coefficient (Wildman–Crippen LogP) is 6.86. The summed E-state index contributed by atoms with van der Waals surface area (Å²) in [7, 11) is 0. The van der Waals surface area contributed by atoms with Crippen molar-refractivity contribution >= 4 is 50.0 Å². The molecule has 0 bridgehead atoms. The summed E-state index contributed by atoms with van der Waals surface area (Å²) in [6.45, 7) is 4.06. The third-order valence-electron chi connectivity index (χ3n) is 4.96. The van der Waals surface area contributed by atoms with Crippen LogP contribution in [0.15, 0.2) is 85.4 Å². The van der Waals surface area contributed by atoms with E-state index in [4.69, 9.17) is 0 Å². The molecule has 0 amide bonds. The van der Waals surface area contributed by atoms with E-state index in [0.717, 1.165) is 28.0 Å². The van der Waals surface area contributed by atoms with Gasteiger partial charge in [0.1, 0.15) is 0 Å².